The van der Waals surface area contributed by atoms with Gasteiger partial charge in [-0.05, 0) is 33.1 Å². The highest BCUT2D eigenvalue weighted by Crippen LogP contribution is 2.46. The van der Waals surface area contributed by atoms with Gasteiger partial charge in [-0.15, -0.1) is 0 Å². The molecule has 0 aromatic heterocycles. The van der Waals surface area contributed by atoms with Gasteiger partial charge in [0.1, 0.15) is 0 Å². The zero-order chi connectivity index (χ0) is 11.0. The van der Waals surface area contributed by atoms with Crippen LogP contribution in [0, 0.1) is 5.41 Å². The van der Waals surface area contributed by atoms with Crippen molar-refractivity contribution < 1.29 is 4.79 Å². The third-order valence-corrected chi connectivity index (χ3v) is 3.78. The lowest BCUT2D eigenvalue weighted by Crippen LogP contribution is -2.49. The van der Waals surface area contributed by atoms with Crippen molar-refractivity contribution in [2.24, 2.45) is 11.1 Å². The minimum atomic E-state index is -0.207. The molecule has 0 aliphatic heterocycles. The van der Waals surface area contributed by atoms with Crippen LogP contribution in [0.4, 0.5) is 0 Å². The first kappa shape index (κ1) is 11.5. The predicted octanol–water partition coefficient (Wildman–Crippen LogP) is 1.37. The second-order valence-corrected chi connectivity index (χ2v) is 5.01. The SMILES string of the molecule is CCC(C)(C)N(C)C(=O)C1(CN)CC1. The standard InChI is InChI=1S/C11H22N2O/c1-5-10(2,3)13(4)9(14)11(8-12)6-7-11/h5-8,12H2,1-4H3. The molecule has 1 amide bonds. The molecule has 0 aromatic rings. The van der Waals surface area contributed by atoms with Crippen molar-refractivity contribution in [1.29, 1.82) is 0 Å². The Morgan fingerprint density at radius 2 is 2.00 bits per heavy atom. The maximum Gasteiger partial charge on any atom is 0.230 e. The molecule has 0 saturated heterocycles. The van der Waals surface area contributed by atoms with Crippen molar-refractivity contribution >= 4 is 5.91 Å². The van der Waals surface area contributed by atoms with E-state index < -0.39 is 0 Å². The molecule has 1 saturated carbocycles. The van der Waals surface area contributed by atoms with E-state index in [0.717, 1.165) is 19.3 Å². The van der Waals surface area contributed by atoms with Gasteiger partial charge in [0.05, 0.1) is 5.41 Å². The van der Waals surface area contributed by atoms with Gasteiger partial charge in [0.15, 0.2) is 0 Å². The molecule has 14 heavy (non-hydrogen) atoms. The van der Waals surface area contributed by atoms with Gasteiger partial charge in [0.2, 0.25) is 5.91 Å². The topological polar surface area (TPSA) is 46.3 Å². The van der Waals surface area contributed by atoms with Gasteiger partial charge in [0, 0.05) is 19.1 Å². The highest BCUT2D eigenvalue weighted by Gasteiger charge is 2.51. The lowest BCUT2D eigenvalue weighted by molar-refractivity contribution is -0.140. The Morgan fingerprint density at radius 3 is 2.29 bits per heavy atom. The van der Waals surface area contributed by atoms with E-state index in [1.165, 1.54) is 0 Å². The Balaban J connectivity index is 2.70. The van der Waals surface area contributed by atoms with Crippen molar-refractivity contribution in [3.05, 3.63) is 0 Å². The lowest BCUT2D eigenvalue weighted by atomic mass is 9.96. The molecule has 1 fully saturated rings. The maximum atomic E-state index is 12.1. The summed E-state index contributed by atoms with van der Waals surface area (Å²) in [6, 6.07) is 0. The molecule has 3 nitrogen and oxygen atoms in total. The molecule has 2 N–H and O–H groups in total. The molecule has 0 bridgehead atoms. The zero-order valence-electron chi connectivity index (χ0n) is 9.76. The molecule has 1 aliphatic rings. The summed E-state index contributed by atoms with van der Waals surface area (Å²) >= 11 is 0. The van der Waals surface area contributed by atoms with Gasteiger partial charge in [-0.3, -0.25) is 4.79 Å². The second kappa shape index (κ2) is 3.54. The molecule has 0 spiro atoms. The van der Waals surface area contributed by atoms with Gasteiger partial charge in [-0.2, -0.15) is 0 Å². The summed E-state index contributed by atoms with van der Waals surface area (Å²) in [6.45, 7) is 6.79. The summed E-state index contributed by atoms with van der Waals surface area (Å²) in [7, 11) is 1.89. The highest BCUT2D eigenvalue weighted by molar-refractivity contribution is 5.86. The monoisotopic (exact) mass is 198 g/mol. The van der Waals surface area contributed by atoms with Crippen LogP contribution < -0.4 is 5.73 Å². The normalized spacial score (nSPS) is 19.2. The summed E-state index contributed by atoms with van der Waals surface area (Å²) in [5.41, 5.74) is 5.38. The Bertz CT molecular complexity index is 231. The molecular weight excluding hydrogens is 176 g/mol. The number of hydrogen-bond acceptors (Lipinski definition) is 2. The second-order valence-electron chi connectivity index (χ2n) is 5.01. The minimum absolute atomic E-state index is 0.0537. The number of nitrogens with zero attached hydrogens (tertiary/aromatic N) is 1. The summed E-state index contributed by atoms with van der Waals surface area (Å²) in [5, 5.41) is 0. The van der Waals surface area contributed by atoms with Gasteiger partial charge >= 0.3 is 0 Å². The first-order valence-corrected chi connectivity index (χ1v) is 5.38. The molecule has 0 aromatic carbocycles. The number of rotatable bonds is 4. The van der Waals surface area contributed by atoms with E-state index in [1.54, 1.807) is 0 Å². The summed E-state index contributed by atoms with van der Waals surface area (Å²) in [5.74, 6) is 0.229. The van der Waals surface area contributed by atoms with E-state index in [0.29, 0.717) is 6.54 Å². The smallest absolute Gasteiger partial charge is 0.230 e. The van der Waals surface area contributed by atoms with Crippen LogP contribution in [0.15, 0.2) is 0 Å². The van der Waals surface area contributed by atoms with Crippen molar-refractivity contribution in [3.63, 3.8) is 0 Å². The van der Waals surface area contributed by atoms with Crippen LogP contribution in [0.1, 0.15) is 40.0 Å². The fourth-order valence-corrected chi connectivity index (χ4v) is 1.52. The molecule has 0 atom stereocenters. The Kier molecular flexibility index (Phi) is 2.91. The number of nitrogens with two attached hydrogens (primary N) is 1. The minimum Gasteiger partial charge on any atom is -0.340 e. The zero-order valence-corrected chi connectivity index (χ0v) is 9.76. The lowest BCUT2D eigenvalue weighted by Gasteiger charge is -2.37. The molecule has 3 heteroatoms. The Labute approximate surface area is 86.6 Å². The van der Waals surface area contributed by atoms with Crippen molar-refractivity contribution in [1.82, 2.24) is 4.90 Å². The molecule has 82 valence electrons. The molecule has 0 heterocycles. The first-order chi connectivity index (χ1) is 6.39. The van der Waals surface area contributed by atoms with Crippen LogP contribution in [0.3, 0.4) is 0 Å². The Hall–Kier alpha value is -0.570. The summed E-state index contributed by atoms with van der Waals surface area (Å²) in [6.07, 6.45) is 2.90. The quantitative estimate of drug-likeness (QED) is 0.741. The number of amides is 1. The van der Waals surface area contributed by atoms with Crippen LogP contribution in [-0.4, -0.2) is 29.9 Å². The van der Waals surface area contributed by atoms with E-state index >= 15 is 0 Å². The van der Waals surface area contributed by atoms with Crippen molar-refractivity contribution in [3.8, 4) is 0 Å². The van der Waals surface area contributed by atoms with Crippen molar-refractivity contribution in [2.75, 3.05) is 13.6 Å². The van der Waals surface area contributed by atoms with Crippen LogP contribution in [0.25, 0.3) is 0 Å². The van der Waals surface area contributed by atoms with Crippen LogP contribution >= 0.6 is 0 Å². The summed E-state index contributed by atoms with van der Waals surface area (Å²) < 4.78 is 0. The summed E-state index contributed by atoms with van der Waals surface area (Å²) in [4.78, 5) is 14.0. The van der Waals surface area contributed by atoms with E-state index in [-0.39, 0.29) is 16.9 Å². The van der Waals surface area contributed by atoms with Gasteiger partial charge < -0.3 is 10.6 Å². The largest absolute Gasteiger partial charge is 0.340 e. The maximum absolute atomic E-state index is 12.1. The first-order valence-electron chi connectivity index (χ1n) is 5.38. The average molecular weight is 198 g/mol. The van der Waals surface area contributed by atoms with Crippen molar-refractivity contribution in [2.45, 2.75) is 45.6 Å². The average Bonchev–Trinajstić information content (AvgIpc) is 2.96. The van der Waals surface area contributed by atoms with E-state index in [4.69, 9.17) is 5.73 Å². The third-order valence-electron chi connectivity index (χ3n) is 3.78. The van der Waals surface area contributed by atoms with Gasteiger partial charge in [0.25, 0.3) is 0 Å². The highest BCUT2D eigenvalue weighted by atomic mass is 16.2. The predicted molar refractivity (Wildman–Crippen MR) is 57.9 cm³/mol. The van der Waals surface area contributed by atoms with Crippen LogP contribution in [0.2, 0.25) is 0 Å². The Morgan fingerprint density at radius 1 is 1.50 bits per heavy atom. The van der Waals surface area contributed by atoms with E-state index in [2.05, 4.69) is 20.8 Å². The van der Waals surface area contributed by atoms with E-state index in [9.17, 15) is 4.79 Å². The van der Waals surface area contributed by atoms with E-state index in [1.807, 2.05) is 11.9 Å². The number of hydrogen-bond donors (Lipinski definition) is 1. The molecule has 0 unspecified atom stereocenters. The molecule has 1 rings (SSSR count). The number of carbonyl (C=O) groups excluding carboxylic acids is 1. The fourth-order valence-electron chi connectivity index (χ4n) is 1.52. The molecular formula is C11H22N2O. The molecule has 0 radical (unpaired) electrons. The van der Waals surface area contributed by atoms with Gasteiger partial charge in [-0.1, -0.05) is 6.92 Å². The van der Waals surface area contributed by atoms with Gasteiger partial charge in [-0.25, -0.2) is 0 Å². The third kappa shape index (κ3) is 1.78. The number of carbonyl (C=O) groups is 1. The molecule has 1 aliphatic carbocycles. The fraction of sp³-hybridized carbons (Fsp3) is 0.909. The van der Waals surface area contributed by atoms with Crippen LogP contribution in [0.5, 0.6) is 0 Å². The van der Waals surface area contributed by atoms with Crippen LogP contribution in [-0.2, 0) is 4.79 Å².